The highest BCUT2D eigenvalue weighted by molar-refractivity contribution is 7.09. The normalized spacial score (nSPS) is 10.2. The van der Waals surface area contributed by atoms with E-state index in [0.29, 0.717) is 6.54 Å². The van der Waals surface area contributed by atoms with Crippen LogP contribution in [-0.2, 0) is 6.54 Å². The van der Waals surface area contributed by atoms with Crippen LogP contribution >= 0.6 is 11.3 Å². The molecule has 20 heavy (non-hydrogen) atoms. The van der Waals surface area contributed by atoms with Gasteiger partial charge in [-0.25, -0.2) is 4.98 Å². The summed E-state index contributed by atoms with van der Waals surface area (Å²) in [5, 5.41) is 13.9. The smallest absolute Gasteiger partial charge is 0.292 e. The molecule has 2 rings (SSSR count). The molecule has 104 valence electrons. The van der Waals surface area contributed by atoms with E-state index in [1.807, 2.05) is 6.92 Å². The van der Waals surface area contributed by atoms with E-state index in [9.17, 15) is 14.9 Å². The molecule has 0 aliphatic rings. The average molecular weight is 292 g/mol. The third-order valence-electron chi connectivity index (χ3n) is 2.76. The zero-order valence-corrected chi connectivity index (χ0v) is 11.4. The molecule has 1 heterocycles. The van der Waals surface area contributed by atoms with Gasteiger partial charge in [0.05, 0.1) is 22.7 Å². The number of hydrogen-bond acceptors (Lipinski definition) is 6. The Bertz CT molecular complexity index is 668. The van der Waals surface area contributed by atoms with Crippen molar-refractivity contribution in [3.05, 3.63) is 50.0 Å². The molecule has 8 heteroatoms. The van der Waals surface area contributed by atoms with Crippen molar-refractivity contribution in [2.75, 3.05) is 5.32 Å². The highest BCUT2D eigenvalue weighted by Gasteiger charge is 2.16. The molecule has 0 saturated carbocycles. The summed E-state index contributed by atoms with van der Waals surface area (Å²) in [6, 6.07) is 3.99. The number of primary amides is 1. The van der Waals surface area contributed by atoms with Crippen LogP contribution in [0, 0.1) is 17.0 Å². The van der Waals surface area contributed by atoms with Gasteiger partial charge < -0.3 is 11.1 Å². The summed E-state index contributed by atoms with van der Waals surface area (Å²) in [7, 11) is 0. The minimum absolute atomic E-state index is 0.0998. The van der Waals surface area contributed by atoms with Crippen LogP contribution in [0.3, 0.4) is 0 Å². The van der Waals surface area contributed by atoms with E-state index in [1.54, 1.807) is 5.51 Å². The van der Waals surface area contributed by atoms with Crippen LogP contribution in [0.1, 0.15) is 20.9 Å². The zero-order chi connectivity index (χ0) is 14.7. The van der Waals surface area contributed by atoms with Crippen molar-refractivity contribution >= 4 is 28.6 Å². The molecule has 0 bridgehead atoms. The van der Waals surface area contributed by atoms with Gasteiger partial charge in [0.15, 0.2) is 0 Å². The fourth-order valence-corrected chi connectivity index (χ4v) is 2.38. The second-order valence-corrected chi connectivity index (χ2v) is 5.01. The van der Waals surface area contributed by atoms with E-state index in [1.165, 1.54) is 29.5 Å². The molecule has 0 saturated heterocycles. The van der Waals surface area contributed by atoms with Crippen molar-refractivity contribution < 1.29 is 9.72 Å². The Labute approximate surface area is 118 Å². The number of hydrogen-bond donors (Lipinski definition) is 2. The lowest BCUT2D eigenvalue weighted by atomic mass is 10.1. The van der Waals surface area contributed by atoms with Crippen LogP contribution in [-0.4, -0.2) is 15.8 Å². The monoisotopic (exact) mass is 292 g/mol. The Morgan fingerprint density at radius 3 is 2.85 bits per heavy atom. The largest absolute Gasteiger partial charge is 0.375 e. The van der Waals surface area contributed by atoms with E-state index in [4.69, 9.17) is 5.73 Å². The molecule has 1 aromatic carbocycles. The van der Waals surface area contributed by atoms with Crippen molar-refractivity contribution in [3.8, 4) is 0 Å². The molecule has 0 spiro atoms. The topological polar surface area (TPSA) is 111 Å². The highest BCUT2D eigenvalue weighted by Crippen LogP contribution is 2.26. The first-order valence-corrected chi connectivity index (χ1v) is 6.58. The number of rotatable bonds is 5. The van der Waals surface area contributed by atoms with Gasteiger partial charge in [-0.15, -0.1) is 11.3 Å². The lowest BCUT2D eigenvalue weighted by molar-refractivity contribution is -0.384. The van der Waals surface area contributed by atoms with Gasteiger partial charge in [0, 0.05) is 16.5 Å². The predicted octanol–water partition coefficient (Wildman–Crippen LogP) is 2.07. The standard InChI is InChI=1S/C12H12N4O3S/c1-7-11(20-6-15-7)5-14-9-4-8(12(13)17)2-3-10(9)16(18)19/h2-4,6,14H,5H2,1H3,(H2,13,17). The lowest BCUT2D eigenvalue weighted by Crippen LogP contribution is -2.12. The quantitative estimate of drug-likeness (QED) is 0.647. The number of amides is 1. The number of thiazole rings is 1. The van der Waals surface area contributed by atoms with E-state index in [0.717, 1.165) is 10.6 Å². The fourth-order valence-electron chi connectivity index (χ4n) is 1.66. The molecule has 0 fully saturated rings. The van der Waals surface area contributed by atoms with Crippen LogP contribution < -0.4 is 11.1 Å². The van der Waals surface area contributed by atoms with Gasteiger partial charge in [-0.1, -0.05) is 0 Å². The van der Waals surface area contributed by atoms with Crippen molar-refractivity contribution in [3.63, 3.8) is 0 Å². The molecule has 0 radical (unpaired) electrons. The predicted molar refractivity (Wildman–Crippen MR) is 75.8 cm³/mol. The second kappa shape index (κ2) is 5.66. The minimum Gasteiger partial charge on any atom is -0.375 e. The Balaban J connectivity index is 2.28. The number of aromatic nitrogens is 1. The van der Waals surface area contributed by atoms with Gasteiger partial charge in [-0.2, -0.15) is 0 Å². The summed E-state index contributed by atoms with van der Waals surface area (Å²) in [4.78, 5) is 26.7. The highest BCUT2D eigenvalue weighted by atomic mass is 32.1. The molecule has 0 unspecified atom stereocenters. The van der Waals surface area contributed by atoms with Gasteiger partial charge >= 0.3 is 0 Å². The maximum absolute atomic E-state index is 11.1. The van der Waals surface area contributed by atoms with Crippen LogP contribution in [0.5, 0.6) is 0 Å². The molecule has 0 aliphatic carbocycles. The summed E-state index contributed by atoms with van der Waals surface area (Å²) in [5.74, 6) is -0.628. The first-order chi connectivity index (χ1) is 9.49. The average Bonchev–Trinajstić information content (AvgIpc) is 2.81. The van der Waals surface area contributed by atoms with Gasteiger partial charge in [-0.3, -0.25) is 14.9 Å². The van der Waals surface area contributed by atoms with Crippen LogP contribution in [0.4, 0.5) is 11.4 Å². The lowest BCUT2D eigenvalue weighted by Gasteiger charge is -2.07. The maximum atomic E-state index is 11.1. The number of aryl methyl sites for hydroxylation is 1. The molecule has 1 aromatic heterocycles. The number of nitro groups is 1. The molecule has 0 aliphatic heterocycles. The number of carbonyl (C=O) groups excluding carboxylic acids is 1. The van der Waals surface area contributed by atoms with Crippen LogP contribution in [0.15, 0.2) is 23.7 Å². The minimum atomic E-state index is -0.628. The Morgan fingerprint density at radius 1 is 1.55 bits per heavy atom. The molecule has 0 atom stereocenters. The molecular weight excluding hydrogens is 280 g/mol. The third-order valence-corrected chi connectivity index (χ3v) is 3.70. The Morgan fingerprint density at radius 2 is 2.30 bits per heavy atom. The van der Waals surface area contributed by atoms with Gasteiger partial charge in [0.25, 0.3) is 5.69 Å². The molecular formula is C12H12N4O3S. The number of anilines is 1. The summed E-state index contributed by atoms with van der Waals surface area (Å²) in [5.41, 5.74) is 8.14. The number of nitro benzene ring substituents is 1. The van der Waals surface area contributed by atoms with Gasteiger partial charge in [-0.05, 0) is 19.1 Å². The Kier molecular flexibility index (Phi) is 3.94. The maximum Gasteiger partial charge on any atom is 0.292 e. The first-order valence-electron chi connectivity index (χ1n) is 5.70. The van der Waals surface area contributed by atoms with Gasteiger partial charge in [0.2, 0.25) is 5.91 Å². The Hall–Kier alpha value is -2.48. The van der Waals surface area contributed by atoms with E-state index in [-0.39, 0.29) is 16.9 Å². The van der Waals surface area contributed by atoms with E-state index in [2.05, 4.69) is 10.3 Å². The fraction of sp³-hybridized carbons (Fsp3) is 0.167. The molecule has 3 N–H and O–H groups in total. The SMILES string of the molecule is Cc1ncsc1CNc1cc(C(N)=O)ccc1[N+](=O)[O-]. The number of benzene rings is 1. The molecule has 1 amide bonds. The summed E-state index contributed by atoms with van der Waals surface area (Å²) >= 11 is 1.46. The third kappa shape index (κ3) is 2.91. The van der Waals surface area contributed by atoms with Crippen molar-refractivity contribution in [2.24, 2.45) is 5.73 Å². The van der Waals surface area contributed by atoms with E-state index >= 15 is 0 Å². The van der Waals surface area contributed by atoms with Crippen LogP contribution in [0.2, 0.25) is 0 Å². The molecule has 7 nitrogen and oxygen atoms in total. The second-order valence-electron chi connectivity index (χ2n) is 4.07. The first kappa shape index (κ1) is 13.9. The number of nitrogens with zero attached hydrogens (tertiary/aromatic N) is 2. The van der Waals surface area contributed by atoms with Crippen molar-refractivity contribution in [1.82, 2.24) is 4.98 Å². The van der Waals surface area contributed by atoms with Crippen LogP contribution in [0.25, 0.3) is 0 Å². The number of nitrogens with one attached hydrogen (secondary N) is 1. The van der Waals surface area contributed by atoms with Gasteiger partial charge in [0.1, 0.15) is 5.69 Å². The zero-order valence-electron chi connectivity index (χ0n) is 10.6. The summed E-state index contributed by atoms with van der Waals surface area (Å²) < 4.78 is 0. The number of nitrogens with two attached hydrogens (primary N) is 1. The summed E-state index contributed by atoms with van der Waals surface area (Å²) in [6.07, 6.45) is 0. The van der Waals surface area contributed by atoms with Crippen molar-refractivity contribution in [2.45, 2.75) is 13.5 Å². The molecule has 2 aromatic rings. The van der Waals surface area contributed by atoms with E-state index < -0.39 is 10.8 Å². The number of carbonyl (C=O) groups is 1. The van der Waals surface area contributed by atoms with Crippen molar-refractivity contribution in [1.29, 1.82) is 0 Å². The summed E-state index contributed by atoms with van der Waals surface area (Å²) in [6.45, 7) is 2.27.